The van der Waals surface area contributed by atoms with Gasteiger partial charge in [0.25, 0.3) is 0 Å². The fourth-order valence-corrected chi connectivity index (χ4v) is 5.02. The van der Waals surface area contributed by atoms with Gasteiger partial charge in [-0.25, -0.2) is 4.98 Å². The third-order valence-corrected chi connectivity index (χ3v) is 6.74. The smallest absolute Gasteiger partial charge is 0.233 e. The molecule has 0 unspecified atom stereocenters. The van der Waals surface area contributed by atoms with Crippen LogP contribution in [0.2, 0.25) is 0 Å². The molecule has 5 rings (SSSR count). The van der Waals surface area contributed by atoms with Crippen molar-refractivity contribution in [2.75, 3.05) is 19.1 Å². The number of ether oxygens (including phenoxy) is 2. The first-order valence-corrected chi connectivity index (χ1v) is 11.7. The second kappa shape index (κ2) is 9.49. The summed E-state index contributed by atoms with van der Waals surface area (Å²) >= 11 is 1.41. The van der Waals surface area contributed by atoms with Crippen LogP contribution in [0.1, 0.15) is 11.3 Å². The van der Waals surface area contributed by atoms with Crippen LogP contribution in [0.4, 0.5) is 5.13 Å². The molecule has 1 amide bonds. The van der Waals surface area contributed by atoms with E-state index in [1.807, 2.05) is 48.5 Å². The zero-order chi connectivity index (χ0) is 23.5. The third-order valence-electron chi connectivity index (χ3n) is 5.65. The third kappa shape index (κ3) is 4.30. The molecule has 170 valence electrons. The number of amides is 1. The van der Waals surface area contributed by atoms with Crippen molar-refractivity contribution in [2.45, 2.75) is 13.0 Å². The Bertz CT molecular complexity index is 1430. The van der Waals surface area contributed by atoms with Crippen LogP contribution in [-0.4, -0.2) is 30.1 Å². The minimum atomic E-state index is -0.0575. The summed E-state index contributed by atoms with van der Waals surface area (Å²) in [5.41, 5.74) is 2.41. The second-order valence-electron chi connectivity index (χ2n) is 7.80. The van der Waals surface area contributed by atoms with Gasteiger partial charge in [0.1, 0.15) is 21.7 Å². The zero-order valence-electron chi connectivity index (χ0n) is 18.9. The Balaban J connectivity index is 1.54. The summed E-state index contributed by atoms with van der Waals surface area (Å²) in [4.78, 5) is 24.6. The number of aromatic nitrogens is 2. The van der Waals surface area contributed by atoms with E-state index in [0.29, 0.717) is 28.7 Å². The van der Waals surface area contributed by atoms with E-state index in [0.717, 1.165) is 26.7 Å². The number of thiazole rings is 1. The Hall–Kier alpha value is -3.97. The summed E-state index contributed by atoms with van der Waals surface area (Å²) < 4.78 is 11.9. The highest BCUT2D eigenvalue weighted by Crippen LogP contribution is 2.40. The number of rotatable bonds is 7. The van der Waals surface area contributed by atoms with E-state index < -0.39 is 0 Å². The van der Waals surface area contributed by atoms with E-state index in [2.05, 4.69) is 29.2 Å². The fourth-order valence-electron chi connectivity index (χ4n) is 3.92. The minimum absolute atomic E-state index is 0.0575. The van der Waals surface area contributed by atoms with Gasteiger partial charge < -0.3 is 9.47 Å². The molecule has 0 aliphatic heterocycles. The molecule has 2 aromatic heterocycles. The first-order valence-electron chi connectivity index (χ1n) is 10.9. The molecule has 0 bridgehead atoms. The molecule has 0 aliphatic carbocycles. The molecule has 34 heavy (non-hydrogen) atoms. The fraction of sp³-hybridized carbons (Fsp3) is 0.148. The van der Waals surface area contributed by atoms with E-state index >= 15 is 0 Å². The molecule has 0 atom stereocenters. The number of carbonyl (C=O) groups is 1. The first kappa shape index (κ1) is 21.9. The van der Waals surface area contributed by atoms with Crippen molar-refractivity contribution in [1.29, 1.82) is 0 Å². The Labute approximate surface area is 201 Å². The molecule has 0 saturated carbocycles. The van der Waals surface area contributed by atoms with Crippen LogP contribution in [0.5, 0.6) is 11.5 Å². The molecule has 0 fully saturated rings. The van der Waals surface area contributed by atoms with E-state index in [1.54, 1.807) is 25.3 Å². The van der Waals surface area contributed by atoms with Crippen LogP contribution in [0.15, 0.2) is 79.0 Å². The van der Waals surface area contributed by atoms with Crippen LogP contribution >= 0.6 is 11.3 Å². The van der Waals surface area contributed by atoms with E-state index in [1.165, 1.54) is 11.3 Å². The number of hydrogen-bond acceptors (Lipinski definition) is 6. The Morgan fingerprint density at radius 1 is 0.912 bits per heavy atom. The lowest BCUT2D eigenvalue weighted by Crippen LogP contribution is -2.32. The molecule has 5 aromatic rings. The lowest BCUT2D eigenvalue weighted by Gasteiger charge is -2.20. The lowest BCUT2D eigenvalue weighted by atomic mass is 10.0. The van der Waals surface area contributed by atoms with Gasteiger partial charge in [0, 0.05) is 6.20 Å². The maximum atomic E-state index is 13.6. The van der Waals surface area contributed by atoms with E-state index in [4.69, 9.17) is 14.5 Å². The maximum Gasteiger partial charge on any atom is 0.233 e. The van der Waals surface area contributed by atoms with Crippen LogP contribution in [0.3, 0.4) is 0 Å². The summed E-state index contributed by atoms with van der Waals surface area (Å²) in [6.07, 6.45) is 1.98. The normalized spacial score (nSPS) is 11.0. The maximum absolute atomic E-state index is 13.6. The Kier molecular flexibility index (Phi) is 6.10. The van der Waals surface area contributed by atoms with Crippen LogP contribution < -0.4 is 14.4 Å². The van der Waals surface area contributed by atoms with Crippen molar-refractivity contribution in [3.8, 4) is 11.5 Å². The van der Waals surface area contributed by atoms with Gasteiger partial charge in [-0.15, -0.1) is 0 Å². The molecule has 2 heterocycles. The molecule has 0 aliphatic rings. The molecular formula is C27H23N3O3S. The number of nitrogens with zero attached hydrogens (tertiary/aromatic N) is 3. The van der Waals surface area contributed by atoms with Crippen molar-refractivity contribution >= 4 is 43.4 Å². The van der Waals surface area contributed by atoms with Gasteiger partial charge in [-0.1, -0.05) is 59.9 Å². The molecule has 6 nitrogen and oxygen atoms in total. The molecule has 3 aromatic carbocycles. The van der Waals surface area contributed by atoms with Crippen LogP contribution in [0, 0.1) is 0 Å². The summed E-state index contributed by atoms with van der Waals surface area (Å²) in [7, 11) is 3.23. The van der Waals surface area contributed by atoms with Gasteiger partial charge in [-0.05, 0) is 40.6 Å². The lowest BCUT2D eigenvalue weighted by molar-refractivity contribution is -0.118. The van der Waals surface area contributed by atoms with Crippen molar-refractivity contribution in [2.24, 2.45) is 0 Å². The SMILES string of the molecule is COc1ccc(OC)c2sc(N(Cc3ccccn3)C(=O)Cc3ccc4ccccc4c3)nc12. The molecule has 7 heteroatoms. The largest absolute Gasteiger partial charge is 0.495 e. The number of fused-ring (bicyclic) bond motifs is 2. The van der Waals surface area contributed by atoms with Crippen LogP contribution in [-0.2, 0) is 17.8 Å². The molecular weight excluding hydrogens is 446 g/mol. The first-order chi connectivity index (χ1) is 16.7. The highest BCUT2D eigenvalue weighted by Gasteiger charge is 2.23. The number of hydrogen-bond donors (Lipinski definition) is 0. The molecule has 0 N–H and O–H groups in total. The van der Waals surface area contributed by atoms with Crippen molar-refractivity contribution in [3.05, 3.63) is 90.3 Å². The minimum Gasteiger partial charge on any atom is -0.495 e. The zero-order valence-corrected chi connectivity index (χ0v) is 19.7. The van der Waals surface area contributed by atoms with Crippen molar-refractivity contribution in [1.82, 2.24) is 9.97 Å². The standard InChI is InChI=1S/C27H23N3O3S/c1-32-22-12-13-23(33-2)26-25(22)29-27(34-26)30(17-21-9-5-6-14-28-21)24(31)16-18-10-11-19-7-3-4-8-20(19)15-18/h3-15H,16-17H2,1-2H3. The van der Waals surface area contributed by atoms with Gasteiger partial charge in [0.05, 0.1) is 32.9 Å². The number of benzene rings is 3. The number of pyridine rings is 1. The van der Waals surface area contributed by atoms with Gasteiger partial charge in [-0.3, -0.25) is 14.7 Å². The van der Waals surface area contributed by atoms with Gasteiger partial charge in [0.2, 0.25) is 5.91 Å². The molecule has 0 saturated heterocycles. The highest BCUT2D eigenvalue weighted by atomic mass is 32.1. The summed E-state index contributed by atoms with van der Waals surface area (Å²) in [6.45, 7) is 0.317. The van der Waals surface area contributed by atoms with E-state index in [-0.39, 0.29) is 12.3 Å². The Morgan fingerprint density at radius 2 is 1.68 bits per heavy atom. The van der Waals surface area contributed by atoms with Crippen molar-refractivity contribution in [3.63, 3.8) is 0 Å². The van der Waals surface area contributed by atoms with Gasteiger partial charge in [-0.2, -0.15) is 0 Å². The summed E-state index contributed by atoms with van der Waals surface area (Å²) in [5, 5.41) is 2.84. The topological polar surface area (TPSA) is 64.6 Å². The summed E-state index contributed by atoms with van der Waals surface area (Å²) in [5.74, 6) is 1.27. The predicted octanol–water partition coefficient (Wildman–Crippen LogP) is 5.64. The average Bonchev–Trinajstić information content (AvgIpc) is 3.32. The monoisotopic (exact) mass is 469 g/mol. The Morgan fingerprint density at radius 3 is 2.44 bits per heavy atom. The highest BCUT2D eigenvalue weighted by molar-refractivity contribution is 7.22. The molecule has 0 radical (unpaired) electrons. The number of carbonyl (C=O) groups excluding carboxylic acids is 1. The van der Waals surface area contributed by atoms with Crippen molar-refractivity contribution < 1.29 is 14.3 Å². The quantitative estimate of drug-likeness (QED) is 0.309. The molecule has 0 spiro atoms. The number of methoxy groups -OCH3 is 2. The van der Waals surface area contributed by atoms with Gasteiger partial charge >= 0.3 is 0 Å². The second-order valence-corrected chi connectivity index (χ2v) is 8.78. The average molecular weight is 470 g/mol. The van der Waals surface area contributed by atoms with Crippen LogP contribution in [0.25, 0.3) is 21.0 Å². The van der Waals surface area contributed by atoms with E-state index in [9.17, 15) is 4.79 Å². The number of anilines is 1. The predicted molar refractivity (Wildman–Crippen MR) is 136 cm³/mol. The summed E-state index contributed by atoms with van der Waals surface area (Å²) in [6, 6.07) is 23.6. The van der Waals surface area contributed by atoms with Gasteiger partial charge in [0.15, 0.2) is 5.13 Å².